The summed E-state index contributed by atoms with van der Waals surface area (Å²) in [5.41, 5.74) is 4.77. The number of hydrogen-bond donors (Lipinski definition) is 1. The zero-order valence-electron chi connectivity index (χ0n) is 19.1. The van der Waals surface area contributed by atoms with Gasteiger partial charge in [0, 0.05) is 34.7 Å². The minimum absolute atomic E-state index is 0.236. The number of fused-ring (bicyclic) bond motifs is 1. The van der Waals surface area contributed by atoms with Crippen LogP contribution in [-0.2, 0) is 16.6 Å². The Kier molecular flexibility index (Phi) is 6.65. The smallest absolute Gasteiger partial charge is 0.211 e. The Labute approximate surface area is 220 Å². The summed E-state index contributed by atoms with van der Waals surface area (Å²) in [4.78, 5) is 11.3. The van der Waals surface area contributed by atoms with Crippen LogP contribution in [0.5, 0.6) is 0 Å². The first kappa shape index (κ1) is 24.3. The lowest BCUT2D eigenvalue weighted by molar-refractivity contribution is 0.278. The predicted molar refractivity (Wildman–Crippen MR) is 146 cm³/mol. The number of anilines is 2. The highest BCUT2D eigenvalue weighted by molar-refractivity contribution is 14.1. The van der Waals surface area contributed by atoms with E-state index in [2.05, 4.69) is 27.6 Å². The number of rotatable bonds is 6. The molecule has 35 heavy (non-hydrogen) atoms. The van der Waals surface area contributed by atoms with Crippen molar-refractivity contribution in [2.24, 2.45) is 0 Å². The summed E-state index contributed by atoms with van der Waals surface area (Å²) in [6.45, 7) is 0.510. The molecule has 182 valence electrons. The first-order valence-electron chi connectivity index (χ1n) is 10.8. The first-order valence-corrected chi connectivity index (χ1v) is 14.6. The van der Waals surface area contributed by atoms with E-state index >= 15 is 0 Å². The summed E-state index contributed by atoms with van der Waals surface area (Å²) in [6, 6.07) is 11.9. The fourth-order valence-electron chi connectivity index (χ4n) is 4.03. The van der Waals surface area contributed by atoms with Crippen molar-refractivity contribution < 1.29 is 13.5 Å². The zero-order chi connectivity index (χ0) is 24.7. The average Bonchev–Trinajstić information content (AvgIpc) is 3.48. The topological polar surface area (TPSA) is 104 Å². The number of nitrogens with zero attached hydrogens (tertiary/aromatic N) is 6. The van der Waals surface area contributed by atoms with E-state index in [0.717, 1.165) is 31.2 Å². The molecule has 0 saturated carbocycles. The van der Waals surface area contributed by atoms with E-state index in [1.165, 1.54) is 21.9 Å². The maximum atomic E-state index is 11.8. The molecule has 1 N–H and O–H groups in total. The number of halogens is 1. The Balaban J connectivity index is 1.50. The lowest BCUT2D eigenvalue weighted by Gasteiger charge is -2.24. The number of aliphatic hydroxyl groups is 1. The molecule has 0 radical (unpaired) electrons. The van der Waals surface area contributed by atoms with Gasteiger partial charge in [-0.1, -0.05) is 18.2 Å². The molecule has 0 amide bonds. The molecule has 0 fully saturated rings. The average molecular weight is 623 g/mol. The highest BCUT2D eigenvalue weighted by Gasteiger charge is 2.23. The second kappa shape index (κ2) is 9.58. The van der Waals surface area contributed by atoms with Crippen LogP contribution in [0.2, 0.25) is 0 Å². The molecule has 0 unspecified atom stereocenters. The molecule has 1 aromatic carbocycles. The molecule has 0 bridgehead atoms. The highest BCUT2D eigenvalue weighted by atomic mass is 127. The van der Waals surface area contributed by atoms with Crippen molar-refractivity contribution in [2.75, 3.05) is 31.3 Å². The third-order valence-corrected chi connectivity index (χ3v) is 8.79. The molecule has 0 saturated heterocycles. The molecule has 4 aromatic rings. The number of sulfonamides is 1. The molecular formula is C23H23IN6O3S2. The molecule has 9 nitrogen and oxygen atoms in total. The predicted octanol–water partition coefficient (Wildman–Crippen LogP) is 3.77. The van der Waals surface area contributed by atoms with E-state index in [0.29, 0.717) is 36.7 Å². The molecule has 4 heterocycles. The number of aromatic nitrogens is 4. The summed E-state index contributed by atoms with van der Waals surface area (Å²) in [7, 11) is -1.34. The normalized spacial score (nSPS) is 14.9. The third-order valence-electron chi connectivity index (χ3n) is 5.88. The van der Waals surface area contributed by atoms with Crippen molar-refractivity contribution in [1.29, 1.82) is 0 Å². The highest BCUT2D eigenvalue weighted by Crippen LogP contribution is 2.34. The van der Waals surface area contributed by atoms with Gasteiger partial charge in [-0.05, 0) is 58.9 Å². The van der Waals surface area contributed by atoms with Crippen LogP contribution in [0.3, 0.4) is 0 Å². The van der Waals surface area contributed by atoms with E-state index in [1.54, 1.807) is 4.52 Å². The second-order valence-electron chi connectivity index (χ2n) is 8.21. The molecule has 0 spiro atoms. The summed E-state index contributed by atoms with van der Waals surface area (Å²) in [6.07, 6.45) is 3.70. The van der Waals surface area contributed by atoms with Gasteiger partial charge in [0.05, 0.1) is 24.3 Å². The quantitative estimate of drug-likeness (QED) is 0.327. The third kappa shape index (κ3) is 4.85. The van der Waals surface area contributed by atoms with E-state index in [4.69, 9.17) is 10.1 Å². The van der Waals surface area contributed by atoms with Crippen LogP contribution < -0.4 is 4.90 Å². The molecule has 5 rings (SSSR count). The van der Waals surface area contributed by atoms with Gasteiger partial charge in [0.15, 0.2) is 16.6 Å². The number of hydrogen-bond acceptors (Lipinski definition) is 8. The van der Waals surface area contributed by atoms with Gasteiger partial charge < -0.3 is 10.0 Å². The summed E-state index contributed by atoms with van der Waals surface area (Å²) in [5, 5.41) is 17.6. The Bertz CT molecular complexity index is 1530. The maximum absolute atomic E-state index is 11.8. The van der Waals surface area contributed by atoms with Crippen molar-refractivity contribution >= 4 is 66.1 Å². The van der Waals surface area contributed by atoms with Crippen molar-refractivity contribution in [1.82, 2.24) is 23.9 Å². The fourth-order valence-corrected chi connectivity index (χ4v) is 5.96. The van der Waals surface area contributed by atoms with Gasteiger partial charge in [-0.15, -0.1) is 11.3 Å². The second-order valence-corrected chi connectivity index (χ2v) is 12.3. The summed E-state index contributed by atoms with van der Waals surface area (Å²) in [5.74, 6) is 0.641. The minimum Gasteiger partial charge on any atom is -0.390 e. The maximum Gasteiger partial charge on any atom is 0.211 e. The lowest BCUT2D eigenvalue weighted by Crippen LogP contribution is -2.33. The SMILES string of the molecule is CN(c1nc(-c2ccc(I)cc2)cs1)c1c(CO)nc2ccc(C3=CCN(S(C)(=O)=O)CC3)nn12. The fraction of sp³-hybridized carbons (Fsp3) is 0.261. The van der Waals surface area contributed by atoms with Crippen LogP contribution in [0.15, 0.2) is 47.9 Å². The summed E-state index contributed by atoms with van der Waals surface area (Å²) < 4.78 is 28.0. The van der Waals surface area contributed by atoms with Gasteiger partial charge in [0.1, 0.15) is 5.69 Å². The van der Waals surface area contributed by atoms with Crippen molar-refractivity contribution in [3.8, 4) is 11.3 Å². The number of thiazole rings is 1. The van der Waals surface area contributed by atoms with Crippen LogP contribution in [0.25, 0.3) is 22.5 Å². The summed E-state index contributed by atoms with van der Waals surface area (Å²) >= 11 is 3.78. The van der Waals surface area contributed by atoms with Gasteiger partial charge in [0.2, 0.25) is 10.0 Å². The number of imidazole rings is 1. The largest absolute Gasteiger partial charge is 0.390 e. The molecule has 3 aromatic heterocycles. The molecule has 0 aliphatic carbocycles. The van der Waals surface area contributed by atoms with Crippen LogP contribution in [0.4, 0.5) is 10.9 Å². The van der Waals surface area contributed by atoms with E-state index < -0.39 is 10.0 Å². The Morgan fingerprint density at radius 2 is 1.91 bits per heavy atom. The zero-order valence-corrected chi connectivity index (χ0v) is 22.9. The molecule has 1 aliphatic rings. The Morgan fingerprint density at radius 1 is 1.14 bits per heavy atom. The number of aliphatic hydroxyl groups excluding tert-OH is 1. The molecule has 1 aliphatic heterocycles. The van der Waals surface area contributed by atoms with Crippen molar-refractivity contribution in [3.05, 3.63) is 62.8 Å². The van der Waals surface area contributed by atoms with Gasteiger partial charge in [-0.25, -0.2) is 18.4 Å². The standard InChI is InChI=1S/C23H23IN6O3S2/c1-28(23-26-20(14-34-23)15-3-5-17(24)6-4-15)22-19(13-31)25-21-8-7-18(27-30(21)22)16-9-11-29(12-10-16)35(2,32)33/h3-9,14,31H,10-13H2,1-2H3. The van der Waals surface area contributed by atoms with Crippen LogP contribution >= 0.6 is 33.9 Å². The lowest BCUT2D eigenvalue weighted by atomic mass is 10.1. The molecule has 0 atom stereocenters. The van der Waals surface area contributed by atoms with Crippen LogP contribution in [0, 0.1) is 3.57 Å². The Hall–Kier alpha value is -2.39. The van der Waals surface area contributed by atoms with Crippen LogP contribution in [-0.4, -0.2) is 63.8 Å². The first-order chi connectivity index (χ1) is 16.7. The van der Waals surface area contributed by atoms with E-state index in [1.807, 2.05) is 59.8 Å². The van der Waals surface area contributed by atoms with Crippen LogP contribution in [0.1, 0.15) is 17.8 Å². The molecule has 12 heteroatoms. The molecular weight excluding hydrogens is 599 g/mol. The monoisotopic (exact) mass is 622 g/mol. The van der Waals surface area contributed by atoms with E-state index in [9.17, 15) is 13.5 Å². The Morgan fingerprint density at radius 3 is 2.57 bits per heavy atom. The van der Waals surface area contributed by atoms with Crippen molar-refractivity contribution in [2.45, 2.75) is 13.0 Å². The van der Waals surface area contributed by atoms with Crippen molar-refractivity contribution in [3.63, 3.8) is 0 Å². The minimum atomic E-state index is -3.22. The van der Waals surface area contributed by atoms with Gasteiger partial charge in [-0.2, -0.15) is 13.9 Å². The van der Waals surface area contributed by atoms with Gasteiger partial charge in [0.25, 0.3) is 0 Å². The van der Waals surface area contributed by atoms with Gasteiger partial charge >= 0.3 is 0 Å². The van der Waals surface area contributed by atoms with E-state index in [-0.39, 0.29) is 6.61 Å². The number of benzene rings is 1. The van der Waals surface area contributed by atoms with Gasteiger partial charge in [-0.3, -0.25) is 0 Å².